The van der Waals surface area contributed by atoms with E-state index in [1.807, 2.05) is 18.7 Å². The van der Waals surface area contributed by atoms with Crippen LogP contribution in [0.25, 0.3) is 0 Å². The Labute approximate surface area is 188 Å². The van der Waals surface area contributed by atoms with Gasteiger partial charge < -0.3 is 9.64 Å². The first-order valence-electron chi connectivity index (χ1n) is 9.94. The lowest BCUT2D eigenvalue weighted by Gasteiger charge is -2.28. The van der Waals surface area contributed by atoms with Gasteiger partial charge in [-0.3, -0.25) is 4.72 Å². The van der Waals surface area contributed by atoms with E-state index in [2.05, 4.69) is 4.72 Å². The van der Waals surface area contributed by atoms with Gasteiger partial charge in [0.2, 0.25) is 10.0 Å². The van der Waals surface area contributed by atoms with Gasteiger partial charge in [0, 0.05) is 31.2 Å². The molecular formula is C20H26ClN3O5S2. The van der Waals surface area contributed by atoms with Crippen LogP contribution in [-0.4, -0.2) is 60.5 Å². The van der Waals surface area contributed by atoms with Gasteiger partial charge >= 0.3 is 0 Å². The smallest absolute Gasteiger partial charge is 0.261 e. The van der Waals surface area contributed by atoms with Crippen molar-refractivity contribution in [3.05, 3.63) is 47.5 Å². The van der Waals surface area contributed by atoms with E-state index < -0.39 is 20.0 Å². The molecule has 0 amide bonds. The fourth-order valence-corrected chi connectivity index (χ4v) is 5.98. The van der Waals surface area contributed by atoms with Gasteiger partial charge in [-0.2, -0.15) is 4.31 Å². The van der Waals surface area contributed by atoms with Crippen molar-refractivity contribution in [2.75, 3.05) is 49.0 Å². The minimum absolute atomic E-state index is 0.0270. The van der Waals surface area contributed by atoms with Crippen molar-refractivity contribution in [3.8, 4) is 0 Å². The van der Waals surface area contributed by atoms with Crippen LogP contribution >= 0.6 is 11.6 Å². The molecule has 0 radical (unpaired) electrons. The molecular weight excluding hydrogens is 462 g/mol. The molecule has 2 aromatic carbocycles. The third kappa shape index (κ3) is 5.32. The second kappa shape index (κ2) is 9.74. The van der Waals surface area contributed by atoms with E-state index in [0.717, 1.165) is 0 Å². The number of hydrogen-bond donors (Lipinski definition) is 1. The quantitative estimate of drug-likeness (QED) is 0.615. The summed E-state index contributed by atoms with van der Waals surface area (Å²) in [6.07, 6.45) is 0. The molecule has 1 N–H and O–H groups in total. The van der Waals surface area contributed by atoms with Gasteiger partial charge in [-0.15, -0.1) is 0 Å². The molecule has 1 fully saturated rings. The van der Waals surface area contributed by atoms with Crippen molar-refractivity contribution in [2.24, 2.45) is 0 Å². The molecule has 0 bridgehead atoms. The highest BCUT2D eigenvalue weighted by atomic mass is 35.5. The molecule has 170 valence electrons. The van der Waals surface area contributed by atoms with Crippen LogP contribution in [0.5, 0.6) is 0 Å². The molecule has 0 aromatic heterocycles. The highest BCUT2D eigenvalue weighted by molar-refractivity contribution is 7.92. The molecule has 0 aliphatic carbocycles. The first kappa shape index (κ1) is 23.8. The van der Waals surface area contributed by atoms with Crippen LogP contribution in [0, 0.1) is 0 Å². The molecule has 0 unspecified atom stereocenters. The van der Waals surface area contributed by atoms with E-state index in [-0.39, 0.29) is 28.6 Å². The van der Waals surface area contributed by atoms with E-state index in [0.29, 0.717) is 37.0 Å². The van der Waals surface area contributed by atoms with Crippen LogP contribution < -0.4 is 9.62 Å². The maximum atomic E-state index is 13.1. The van der Waals surface area contributed by atoms with Gasteiger partial charge in [-0.05, 0) is 56.3 Å². The van der Waals surface area contributed by atoms with E-state index in [4.69, 9.17) is 16.3 Å². The van der Waals surface area contributed by atoms with Gasteiger partial charge in [0.05, 0.1) is 34.4 Å². The molecule has 8 nitrogen and oxygen atoms in total. The van der Waals surface area contributed by atoms with Crippen LogP contribution in [-0.2, 0) is 24.8 Å². The molecule has 2 aromatic rings. The monoisotopic (exact) mass is 487 g/mol. The van der Waals surface area contributed by atoms with E-state index >= 15 is 0 Å². The Bertz CT molecular complexity index is 1110. The normalized spacial score (nSPS) is 15.6. The predicted octanol–water partition coefficient (Wildman–Crippen LogP) is 3.01. The van der Waals surface area contributed by atoms with Crippen molar-refractivity contribution < 1.29 is 21.6 Å². The number of hydrogen-bond acceptors (Lipinski definition) is 6. The molecule has 0 saturated carbocycles. The highest BCUT2D eigenvalue weighted by Crippen LogP contribution is 2.32. The minimum Gasteiger partial charge on any atom is -0.379 e. The summed E-state index contributed by atoms with van der Waals surface area (Å²) in [7, 11) is -7.74. The summed E-state index contributed by atoms with van der Waals surface area (Å²) in [5, 5.41) is 0.418. The first-order chi connectivity index (χ1) is 14.7. The number of anilines is 2. The average Bonchev–Trinajstić information content (AvgIpc) is 2.76. The third-order valence-electron chi connectivity index (χ3n) is 5.05. The van der Waals surface area contributed by atoms with Crippen molar-refractivity contribution in [1.82, 2.24) is 4.31 Å². The largest absolute Gasteiger partial charge is 0.379 e. The topological polar surface area (TPSA) is 96.0 Å². The number of sulfonamides is 2. The summed E-state index contributed by atoms with van der Waals surface area (Å²) < 4.78 is 61.3. The third-order valence-corrected chi connectivity index (χ3v) is 8.58. The van der Waals surface area contributed by atoms with Crippen molar-refractivity contribution in [1.29, 1.82) is 0 Å². The van der Waals surface area contributed by atoms with Crippen molar-refractivity contribution in [2.45, 2.75) is 23.6 Å². The molecule has 11 heteroatoms. The lowest BCUT2D eigenvalue weighted by atomic mass is 10.2. The van der Waals surface area contributed by atoms with E-state index in [9.17, 15) is 16.8 Å². The summed E-state index contributed by atoms with van der Waals surface area (Å²) in [4.78, 5) is 2.01. The lowest BCUT2D eigenvalue weighted by molar-refractivity contribution is 0.0730. The average molecular weight is 488 g/mol. The van der Waals surface area contributed by atoms with Crippen LogP contribution in [0.3, 0.4) is 0 Å². The Morgan fingerprint density at radius 2 is 1.55 bits per heavy atom. The predicted molar refractivity (Wildman–Crippen MR) is 122 cm³/mol. The number of morpholine rings is 1. The fourth-order valence-electron chi connectivity index (χ4n) is 3.35. The van der Waals surface area contributed by atoms with Gasteiger partial charge in [-0.1, -0.05) is 11.6 Å². The number of ether oxygens (including phenoxy) is 1. The summed E-state index contributed by atoms with van der Waals surface area (Å²) in [5.41, 5.74) is 0.802. The number of nitrogens with zero attached hydrogens (tertiary/aromatic N) is 2. The second-order valence-corrected chi connectivity index (χ2v) is 11.0. The van der Waals surface area contributed by atoms with Crippen LogP contribution in [0.1, 0.15) is 13.8 Å². The van der Waals surface area contributed by atoms with Crippen LogP contribution in [0.15, 0.2) is 52.3 Å². The van der Waals surface area contributed by atoms with Crippen molar-refractivity contribution >= 4 is 43.0 Å². The summed E-state index contributed by atoms with van der Waals surface area (Å²) in [6, 6.07) is 10.3. The zero-order valence-electron chi connectivity index (χ0n) is 17.4. The van der Waals surface area contributed by atoms with Crippen LogP contribution in [0.4, 0.5) is 11.4 Å². The molecule has 1 aliphatic rings. The van der Waals surface area contributed by atoms with Gasteiger partial charge in [0.1, 0.15) is 0 Å². The fraction of sp³-hybridized carbons (Fsp3) is 0.400. The van der Waals surface area contributed by atoms with E-state index in [1.165, 1.54) is 40.7 Å². The minimum atomic E-state index is -3.95. The molecule has 31 heavy (non-hydrogen) atoms. The maximum absolute atomic E-state index is 13.1. The molecule has 0 spiro atoms. The summed E-state index contributed by atoms with van der Waals surface area (Å²) >= 11 is 5.87. The second-order valence-electron chi connectivity index (χ2n) is 6.93. The summed E-state index contributed by atoms with van der Waals surface area (Å²) in [5.74, 6) is 0. The Hall–Kier alpha value is -1.85. The zero-order chi connectivity index (χ0) is 22.6. The first-order valence-corrected chi connectivity index (χ1v) is 13.2. The highest BCUT2D eigenvalue weighted by Gasteiger charge is 2.28. The van der Waals surface area contributed by atoms with Crippen molar-refractivity contribution in [3.63, 3.8) is 0 Å². The molecule has 3 rings (SSSR count). The Morgan fingerprint density at radius 3 is 2.13 bits per heavy atom. The Balaban J connectivity index is 2.05. The SMILES string of the molecule is CCN(CC)c1ccc(S(=O)(=O)N2CCOCC2)cc1NS(=O)(=O)c1ccc(Cl)cc1. The molecule has 1 saturated heterocycles. The number of nitrogens with one attached hydrogen (secondary N) is 1. The van der Waals surface area contributed by atoms with E-state index in [1.54, 1.807) is 6.07 Å². The van der Waals surface area contributed by atoms with Gasteiger partial charge in [0.25, 0.3) is 10.0 Å². The number of rotatable bonds is 8. The molecule has 1 aliphatic heterocycles. The van der Waals surface area contributed by atoms with Crippen LogP contribution in [0.2, 0.25) is 5.02 Å². The molecule has 0 atom stereocenters. The Morgan fingerprint density at radius 1 is 0.968 bits per heavy atom. The maximum Gasteiger partial charge on any atom is 0.261 e. The number of halogens is 1. The van der Waals surface area contributed by atoms with Gasteiger partial charge in [-0.25, -0.2) is 16.8 Å². The summed E-state index contributed by atoms with van der Waals surface area (Å²) in [6.45, 7) is 6.31. The standard InChI is InChI=1S/C20H26ClN3O5S2/c1-3-23(4-2)20-10-9-18(31(27,28)24-11-13-29-14-12-24)15-19(20)22-30(25,26)17-7-5-16(21)6-8-17/h5-10,15,22H,3-4,11-14H2,1-2H3. The lowest BCUT2D eigenvalue weighted by Crippen LogP contribution is -2.40. The number of benzene rings is 2. The Kier molecular flexibility index (Phi) is 7.48. The van der Waals surface area contributed by atoms with Gasteiger partial charge in [0.15, 0.2) is 0 Å². The zero-order valence-corrected chi connectivity index (χ0v) is 19.8. The molecule has 1 heterocycles.